The van der Waals surface area contributed by atoms with E-state index in [9.17, 15) is 9.59 Å². The van der Waals surface area contributed by atoms with Crippen LogP contribution in [0.15, 0.2) is 66.7 Å². The molecule has 2 N–H and O–H groups in total. The Morgan fingerprint density at radius 3 is 2.25 bits per heavy atom. The smallest absolute Gasteiger partial charge is 0.255 e. The van der Waals surface area contributed by atoms with Crippen LogP contribution in [0.3, 0.4) is 0 Å². The number of hydrogen-bond acceptors (Lipinski definition) is 7. The Labute approximate surface area is 261 Å². The summed E-state index contributed by atoms with van der Waals surface area (Å²) in [5, 5.41) is 6.14. The number of morpholine rings is 1. The van der Waals surface area contributed by atoms with Gasteiger partial charge in [-0.15, -0.1) is 0 Å². The molecule has 234 valence electrons. The normalized spacial score (nSPS) is 15.6. The summed E-state index contributed by atoms with van der Waals surface area (Å²) in [6.45, 7) is 9.78. The molecule has 3 aromatic rings. The van der Waals surface area contributed by atoms with E-state index in [4.69, 9.17) is 9.47 Å². The first-order valence-electron chi connectivity index (χ1n) is 15.8. The molecule has 3 aromatic carbocycles. The highest BCUT2D eigenvalue weighted by atomic mass is 16.5. The van der Waals surface area contributed by atoms with Gasteiger partial charge >= 0.3 is 0 Å². The lowest BCUT2D eigenvalue weighted by molar-refractivity contribution is 0.0383. The summed E-state index contributed by atoms with van der Waals surface area (Å²) < 4.78 is 11.0. The Kier molecular flexibility index (Phi) is 11.1. The molecule has 0 radical (unpaired) electrons. The van der Waals surface area contributed by atoms with Crippen molar-refractivity contribution in [3.63, 3.8) is 0 Å². The molecule has 0 atom stereocenters. The molecule has 2 heterocycles. The van der Waals surface area contributed by atoms with Crippen molar-refractivity contribution in [2.24, 2.45) is 0 Å². The van der Waals surface area contributed by atoms with E-state index < -0.39 is 0 Å². The highest BCUT2D eigenvalue weighted by Gasteiger charge is 2.24. The standard InChI is InChI=1S/C35H45N5O4/c1-3-4-7-27-10-12-28(13-11-27)34(41)37-29-14-15-31(30(26-29)35(42)36-16-17-38-22-24-44-25-23-38)39-18-20-40(21-19-39)32-8-5-6-9-33(32)43-2/h5-6,8-15,26H,3-4,7,16-25H2,1-2H3,(H,36,42)(H,37,41). The second-order valence-corrected chi connectivity index (χ2v) is 11.3. The first-order chi connectivity index (χ1) is 21.6. The fraction of sp³-hybridized carbons (Fsp3) is 0.429. The van der Waals surface area contributed by atoms with Crippen LogP contribution in [0.1, 0.15) is 46.0 Å². The molecule has 2 saturated heterocycles. The summed E-state index contributed by atoms with van der Waals surface area (Å²) in [4.78, 5) is 33.6. The van der Waals surface area contributed by atoms with E-state index in [1.165, 1.54) is 5.56 Å². The largest absolute Gasteiger partial charge is 0.495 e. The zero-order valence-corrected chi connectivity index (χ0v) is 26.0. The Hall–Kier alpha value is -4.08. The number of piperazine rings is 1. The molecule has 2 amide bonds. The van der Waals surface area contributed by atoms with Crippen molar-refractivity contribution in [3.8, 4) is 5.75 Å². The molecule has 44 heavy (non-hydrogen) atoms. The topological polar surface area (TPSA) is 86.4 Å². The molecule has 0 bridgehead atoms. The van der Waals surface area contributed by atoms with Crippen LogP contribution in [-0.4, -0.2) is 89.4 Å². The number of benzene rings is 3. The van der Waals surface area contributed by atoms with Gasteiger partial charge in [0.15, 0.2) is 0 Å². The zero-order chi connectivity index (χ0) is 30.7. The Bertz CT molecular complexity index is 1380. The van der Waals surface area contributed by atoms with Gasteiger partial charge in [-0.25, -0.2) is 0 Å². The van der Waals surface area contributed by atoms with Crippen LogP contribution in [0.25, 0.3) is 0 Å². The Balaban J connectivity index is 1.30. The van der Waals surface area contributed by atoms with Crippen LogP contribution in [0.2, 0.25) is 0 Å². The fourth-order valence-electron chi connectivity index (χ4n) is 5.81. The monoisotopic (exact) mass is 599 g/mol. The molecule has 2 fully saturated rings. The van der Waals surface area contributed by atoms with Crippen LogP contribution in [-0.2, 0) is 11.2 Å². The highest BCUT2D eigenvalue weighted by Crippen LogP contribution is 2.31. The molecular formula is C35H45N5O4. The summed E-state index contributed by atoms with van der Waals surface area (Å²) >= 11 is 0. The molecule has 0 saturated carbocycles. The SMILES string of the molecule is CCCCc1ccc(C(=O)Nc2ccc(N3CCN(c4ccccc4OC)CC3)c(C(=O)NCCN3CCOCC3)c2)cc1. The number of ether oxygens (including phenoxy) is 2. The summed E-state index contributed by atoms with van der Waals surface area (Å²) in [7, 11) is 1.70. The number of unbranched alkanes of at least 4 members (excludes halogenated alkanes) is 1. The number of amides is 2. The van der Waals surface area contributed by atoms with Gasteiger partial charge in [-0.05, 0) is 60.9 Å². The molecule has 0 aromatic heterocycles. The van der Waals surface area contributed by atoms with Gasteiger partial charge in [0, 0.05) is 69.3 Å². The number of aryl methyl sites for hydroxylation is 1. The van der Waals surface area contributed by atoms with Crippen LogP contribution in [0, 0.1) is 0 Å². The Morgan fingerprint density at radius 2 is 1.55 bits per heavy atom. The van der Waals surface area contributed by atoms with Crippen LogP contribution in [0.4, 0.5) is 17.1 Å². The summed E-state index contributed by atoms with van der Waals surface area (Å²) in [5.74, 6) is 0.526. The molecule has 0 aliphatic carbocycles. The van der Waals surface area contributed by atoms with E-state index in [1.807, 2.05) is 54.6 Å². The molecule has 9 nitrogen and oxygen atoms in total. The zero-order valence-electron chi connectivity index (χ0n) is 26.0. The molecule has 0 unspecified atom stereocenters. The van der Waals surface area contributed by atoms with Gasteiger partial charge < -0.3 is 29.9 Å². The van der Waals surface area contributed by atoms with Crippen molar-refractivity contribution in [2.45, 2.75) is 26.2 Å². The first-order valence-corrected chi connectivity index (χ1v) is 15.8. The minimum absolute atomic E-state index is 0.142. The van der Waals surface area contributed by atoms with Gasteiger partial charge in [-0.2, -0.15) is 0 Å². The first kappa shape index (κ1) is 31.3. The second kappa shape index (κ2) is 15.6. The Morgan fingerprint density at radius 1 is 0.841 bits per heavy atom. The van der Waals surface area contributed by atoms with Crippen molar-refractivity contribution >= 4 is 28.9 Å². The maximum Gasteiger partial charge on any atom is 0.255 e. The lowest BCUT2D eigenvalue weighted by atomic mass is 10.1. The van der Waals surface area contributed by atoms with Crippen molar-refractivity contribution < 1.29 is 19.1 Å². The molecule has 0 spiro atoms. The third-order valence-electron chi connectivity index (χ3n) is 8.40. The van der Waals surface area contributed by atoms with E-state index in [0.29, 0.717) is 23.4 Å². The number of methoxy groups -OCH3 is 1. The van der Waals surface area contributed by atoms with Crippen molar-refractivity contribution in [3.05, 3.63) is 83.4 Å². The number of carbonyl (C=O) groups is 2. The number of nitrogens with one attached hydrogen (secondary N) is 2. The minimum atomic E-state index is -0.191. The lowest BCUT2D eigenvalue weighted by Crippen LogP contribution is -2.47. The molecular weight excluding hydrogens is 554 g/mol. The summed E-state index contributed by atoms with van der Waals surface area (Å²) in [6, 6.07) is 21.5. The van der Waals surface area contributed by atoms with Gasteiger partial charge in [-0.1, -0.05) is 37.6 Å². The van der Waals surface area contributed by atoms with E-state index in [-0.39, 0.29) is 11.8 Å². The van der Waals surface area contributed by atoms with Gasteiger partial charge in [-0.3, -0.25) is 14.5 Å². The number of nitrogens with zero attached hydrogens (tertiary/aromatic N) is 3. The van der Waals surface area contributed by atoms with Gasteiger partial charge in [0.1, 0.15) is 5.75 Å². The maximum absolute atomic E-state index is 13.6. The van der Waals surface area contributed by atoms with Crippen LogP contribution < -0.4 is 25.2 Å². The molecule has 2 aliphatic heterocycles. The van der Waals surface area contributed by atoms with Crippen molar-refractivity contribution in [2.75, 3.05) is 87.8 Å². The molecule has 2 aliphatic rings. The van der Waals surface area contributed by atoms with Crippen LogP contribution >= 0.6 is 0 Å². The predicted molar refractivity (Wildman–Crippen MR) is 176 cm³/mol. The van der Waals surface area contributed by atoms with Crippen molar-refractivity contribution in [1.82, 2.24) is 10.2 Å². The number of anilines is 3. The van der Waals surface area contributed by atoms with E-state index in [2.05, 4.69) is 38.3 Å². The van der Waals surface area contributed by atoms with E-state index >= 15 is 0 Å². The van der Waals surface area contributed by atoms with Crippen LogP contribution in [0.5, 0.6) is 5.75 Å². The summed E-state index contributed by atoms with van der Waals surface area (Å²) in [6.07, 6.45) is 3.28. The van der Waals surface area contributed by atoms with E-state index in [0.717, 1.165) is 95.4 Å². The fourth-order valence-corrected chi connectivity index (χ4v) is 5.81. The second-order valence-electron chi connectivity index (χ2n) is 11.3. The summed E-state index contributed by atoms with van der Waals surface area (Å²) in [5.41, 5.74) is 4.93. The molecule has 5 rings (SSSR count). The average Bonchev–Trinajstić information content (AvgIpc) is 3.08. The average molecular weight is 600 g/mol. The quantitative estimate of drug-likeness (QED) is 0.313. The third-order valence-corrected chi connectivity index (χ3v) is 8.40. The maximum atomic E-state index is 13.6. The predicted octanol–water partition coefficient (Wildman–Crippen LogP) is 4.68. The van der Waals surface area contributed by atoms with Gasteiger partial charge in [0.25, 0.3) is 11.8 Å². The number of carbonyl (C=O) groups excluding carboxylic acids is 2. The van der Waals surface area contributed by atoms with Gasteiger partial charge in [0.2, 0.25) is 0 Å². The third kappa shape index (κ3) is 8.09. The molecule has 9 heteroatoms. The van der Waals surface area contributed by atoms with Gasteiger partial charge in [0.05, 0.1) is 31.6 Å². The number of para-hydroxylation sites is 2. The number of rotatable bonds is 12. The van der Waals surface area contributed by atoms with Crippen molar-refractivity contribution in [1.29, 1.82) is 0 Å². The lowest BCUT2D eigenvalue weighted by Gasteiger charge is -2.38. The number of hydrogen-bond donors (Lipinski definition) is 2. The highest BCUT2D eigenvalue weighted by molar-refractivity contribution is 6.06. The van der Waals surface area contributed by atoms with E-state index in [1.54, 1.807) is 13.2 Å². The minimum Gasteiger partial charge on any atom is -0.495 e.